The lowest BCUT2D eigenvalue weighted by Gasteiger charge is -2.05. The van der Waals surface area contributed by atoms with Gasteiger partial charge in [-0.15, -0.1) is 12.4 Å². The molecule has 0 aliphatic rings. The summed E-state index contributed by atoms with van der Waals surface area (Å²) in [6, 6.07) is 6.32. The van der Waals surface area contributed by atoms with Gasteiger partial charge in [0.15, 0.2) is 5.82 Å². The summed E-state index contributed by atoms with van der Waals surface area (Å²) in [5, 5.41) is 7.32. The molecule has 1 unspecified atom stereocenters. The van der Waals surface area contributed by atoms with Crippen molar-refractivity contribution in [3.8, 4) is 0 Å². The van der Waals surface area contributed by atoms with Crippen molar-refractivity contribution in [2.24, 2.45) is 0 Å². The molecule has 10 heteroatoms. The van der Waals surface area contributed by atoms with E-state index in [4.69, 9.17) is 16.1 Å². The van der Waals surface area contributed by atoms with Gasteiger partial charge in [0.25, 0.3) is 0 Å². The largest absolute Gasteiger partial charge is 0.339 e. The molecule has 1 aromatic carbocycles. The monoisotopic (exact) mass is 394 g/mol. The van der Waals surface area contributed by atoms with Crippen LogP contribution in [0.5, 0.6) is 0 Å². The molecule has 0 amide bonds. The van der Waals surface area contributed by atoms with Crippen molar-refractivity contribution in [3.63, 3.8) is 0 Å². The van der Waals surface area contributed by atoms with Crippen molar-refractivity contribution in [2.45, 2.75) is 30.7 Å². The van der Waals surface area contributed by atoms with Crippen LogP contribution in [-0.4, -0.2) is 38.2 Å². The van der Waals surface area contributed by atoms with Gasteiger partial charge < -0.3 is 9.84 Å². The van der Waals surface area contributed by atoms with Crippen LogP contribution in [0.25, 0.3) is 0 Å². The summed E-state index contributed by atoms with van der Waals surface area (Å²) in [4.78, 5) is 4.36. The van der Waals surface area contributed by atoms with Gasteiger partial charge in [-0.05, 0) is 32.2 Å². The molecular weight excluding hydrogens is 375 g/mol. The first-order chi connectivity index (χ1) is 10.9. The Kier molecular flexibility index (Phi) is 8.11. The Morgan fingerprint density at radius 1 is 1.38 bits per heavy atom. The SMILES string of the molecule is CNC(C)Cc1noc(CCNS(=O)(=O)c2cccc(Cl)c2)n1.Cl. The van der Waals surface area contributed by atoms with E-state index in [2.05, 4.69) is 20.2 Å². The highest BCUT2D eigenvalue weighted by molar-refractivity contribution is 7.89. The van der Waals surface area contributed by atoms with Crippen molar-refractivity contribution in [3.05, 3.63) is 41.0 Å². The lowest BCUT2D eigenvalue weighted by molar-refractivity contribution is 0.371. The molecule has 0 aliphatic carbocycles. The first-order valence-electron chi connectivity index (χ1n) is 7.14. The van der Waals surface area contributed by atoms with Crippen molar-refractivity contribution < 1.29 is 12.9 Å². The number of rotatable bonds is 8. The zero-order valence-electron chi connectivity index (χ0n) is 13.3. The van der Waals surface area contributed by atoms with Crippen LogP contribution in [0.1, 0.15) is 18.6 Å². The molecule has 0 saturated carbocycles. The number of benzene rings is 1. The van der Waals surface area contributed by atoms with Gasteiger partial charge in [-0.1, -0.05) is 22.8 Å². The van der Waals surface area contributed by atoms with E-state index >= 15 is 0 Å². The van der Waals surface area contributed by atoms with Crippen molar-refractivity contribution >= 4 is 34.0 Å². The van der Waals surface area contributed by atoms with E-state index in [0.29, 0.717) is 29.6 Å². The molecule has 0 saturated heterocycles. The van der Waals surface area contributed by atoms with Crippen LogP contribution in [0.2, 0.25) is 5.02 Å². The average Bonchev–Trinajstić information content (AvgIpc) is 2.94. The standard InChI is InChI=1S/C14H19ClN4O3S.ClH/c1-10(16-2)8-13-18-14(22-19-13)6-7-17-23(20,21)12-5-3-4-11(15)9-12;/h3-5,9-10,16-17H,6-8H2,1-2H3;1H. The van der Waals surface area contributed by atoms with Crippen LogP contribution in [0, 0.1) is 0 Å². The van der Waals surface area contributed by atoms with Crippen LogP contribution in [-0.2, 0) is 22.9 Å². The third-order valence-corrected chi connectivity index (χ3v) is 4.92. The second-order valence-corrected chi connectivity index (χ2v) is 7.31. The second kappa shape index (κ2) is 9.33. The fourth-order valence-corrected chi connectivity index (χ4v) is 3.19. The molecule has 1 atom stereocenters. The van der Waals surface area contributed by atoms with Gasteiger partial charge in [0, 0.05) is 30.5 Å². The van der Waals surface area contributed by atoms with Crippen LogP contribution >= 0.6 is 24.0 Å². The summed E-state index contributed by atoms with van der Waals surface area (Å²) < 4.78 is 31.8. The summed E-state index contributed by atoms with van der Waals surface area (Å²) in [6.45, 7) is 2.17. The van der Waals surface area contributed by atoms with E-state index in [9.17, 15) is 8.42 Å². The first-order valence-corrected chi connectivity index (χ1v) is 9.01. The fraction of sp³-hybridized carbons (Fsp3) is 0.429. The number of nitrogens with one attached hydrogen (secondary N) is 2. The molecule has 0 radical (unpaired) electrons. The van der Waals surface area contributed by atoms with E-state index in [-0.39, 0.29) is 29.9 Å². The van der Waals surface area contributed by atoms with Gasteiger partial charge in [-0.3, -0.25) is 0 Å². The number of hydrogen-bond donors (Lipinski definition) is 2. The molecule has 1 heterocycles. The number of likely N-dealkylation sites (N-methyl/N-ethyl adjacent to an activating group) is 1. The summed E-state index contributed by atoms with van der Waals surface area (Å²) in [7, 11) is -1.75. The molecule has 0 spiro atoms. The lowest BCUT2D eigenvalue weighted by Crippen LogP contribution is -2.26. The molecule has 0 bridgehead atoms. The van der Waals surface area contributed by atoms with E-state index in [1.807, 2.05) is 14.0 Å². The van der Waals surface area contributed by atoms with Crippen LogP contribution < -0.4 is 10.0 Å². The average molecular weight is 395 g/mol. The van der Waals surface area contributed by atoms with Gasteiger partial charge in [-0.2, -0.15) is 4.98 Å². The highest BCUT2D eigenvalue weighted by atomic mass is 35.5. The van der Waals surface area contributed by atoms with Crippen molar-refractivity contribution in [1.29, 1.82) is 0 Å². The predicted octanol–water partition coefficient (Wildman–Crippen LogP) is 1.82. The predicted molar refractivity (Wildman–Crippen MR) is 94.1 cm³/mol. The Morgan fingerprint density at radius 2 is 2.12 bits per heavy atom. The molecule has 134 valence electrons. The molecule has 0 fully saturated rings. The van der Waals surface area contributed by atoms with Crippen molar-refractivity contribution in [1.82, 2.24) is 20.2 Å². The molecule has 7 nitrogen and oxygen atoms in total. The maximum Gasteiger partial charge on any atom is 0.240 e. The number of halogens is 2. The minimum atomic E-state index is -3.60. The van der Waals surface area contributed by atoms with E-state index in [1.165, 1.54) is 12.1 Å². The third kappa shape index (κ3) is 6.03. The Hall–Kier alpha value is -1.19. The van der Waals surface area contributed by atoms with Crippen LogP contribution in [0.15, 0.2) is 33.7 Å². The maximum absolute atomic E-state index is 12.1. The number of aromatic nitrogens is 2. The topological polar surface area (TPSA) is 97.1 Å². The van der Waals surface area contributed by atoms with Crippen LogP contribution in [0.4, 0.5) is 0 Å². The molecular formula is C14H20Cl2N4O3S. The molecule has 0 aliphatic heterocycles. The number of nitrogens with zero attached hydrogens (tertiary/aromatic N) is 2. The van der Waals surface area contributed by atoms with Gasteiger partial charge >= 0.3 is 0 Å². The van der Waals surface area contributed by atoms with Gasteiger partial charge in [-0.25, -0.2) is 13.1 Å². The maximum atomic E-state index is 12.1. The quantitative estimate of drug-likeness (QED) is 0.708. The highest BCUT2D eigenvalue weighted by Gasteiger charge is 2.15. The van der Waals surface area contributed by atoms with Gasteiger partial charge in [0.05, 0.1) is 4.90 Å². The zero-order valence-corrected chi connectivity index (χ0v) is 15.7. The number of hydrogen-bond acceptors (Lipinski definition) is 6. The molecule has 1 aromatic heterocycles. The highest BCUT2D eigenvalue weighted by Crippen LogP contribution is 2.15. The van der Waals surface area contributed by atoms with Gasteiger partial charge in [0.2, 0.25) is 15.9 Å². The molecule has 24 heavy (non-hydrogen) atoms. The van der Waals surface area contributed by atoms with E-state index < -0.39 is 10.0 Å². The molecule has 2 aromatic rings. The molecule has 2 N–H and O–H groups in total. The van der Waals surface area contributed by atoms with Gasteiger partial charge in [0.1, 0.15) is 0 Å². The Balaban J connectivity index is 0.00000288. The summed E-state index contributed by atoms with van der Waals surface area (Å²) in [6.07, 6.45) is 0.967. The summed E-state index contributed by atoms with van der Waals surface area (Å²) in [5.41, 5.74) is 0. The summed E-state index contributed by atoms with van der Waals surface area (Å²) in [5.74, 6) is 0.997. The fourth-order valence-electron chi connectivity index (χ4n) is 1.86. The summed E-state index contributed by atoms with van der Waals surface area (Å²) >= 11 is 5.81. The smallest absolute Gasteiger partial charge is 0.240 e. The van der Waals surface area contributed by atoms with Crippen LogP contribution in [0.3, 0.4) is 0 Å². The van der Waals surface area contributed by atoms with Crippen molar-refractivity contribution in [2.75, 3.05) is 13.6 Å². The number of sulfonamides is 1. The van der Waals surface area contributed by atoms with E-state index in [0.717, 1.165) is 0 Å². The lowest BCUT2D eigenvalue weighted by atomic mass is 10.2. The molecule has 2 rings (SSSR count). The zero-order chi connectivity index (χ0) is 16.9. The minimum Gasteiger partial charge on any atom is -0.339 e. The minimum absolute atomic E-state index is 0. The Bertz CT molecular complexity index is 752. The van der Waals surface area contributed by atoms with E-state index in [1.54, 1.807) is 12.1 Å². The first kappa shape index (κ1) is 20.9. The second-order valence-electron chi connectivity index (χ2n) is 5.10. The Morgan fingerprint density at radius 3 is 2.79 bits per heavy atom. The Labute approximate surface area is 152 Å². The third-order valence-electron chi connectivity index (χ3n) is 3.23. The normalized spacial score (nSPS) is 12.6.